The molecule has 0 aliphatic rings. The second-order valence-corrected chi connectivity index (χ2v) is 6.15. The normalized spacial score (nSPS) is 12.4. The van der Waals surface area contributed by atoms with Crippen molar-refractivity contribution in [2.75, 3.05) is 13.2 Å². The number of nitrogens with one attached hydrogen (secondary N) is 2. The van der Waals surface area contributed by atoms with Crippen molar-refractivity contribution in [2.45, 2.75) is 32.8 Å². The van der Waals surface area contributed by atoms with Gasteiger partial charge in [0, 0.05) is 41.9 Å². The van der Waals surface area contributed by atoms with E-state index in [-0.39, 0.29) is 17.9 Å². The number of carbonyl (C=O) groups is 1. The molecule has 0 bridgehead atoms. The molecule has 0 saturated heterocycles. The number of rotatable bonds is 7. The Hall–Kier alpha value is -1.85. The summed E-state index contributed by atoms with van der Waals surface area (Å²) in [7, 11) is 0. The predicted octanol–water partition coefficient (Wildman–Crippen LogP) is 3.37. The van der Waals surface area contributed by atoms with E-state index in [9.17, 15) is 4.79 Å². The van der Waals surface area contributed by atoms with Crippen molar-refractivity contribution in [3.63, 3.8) is 0 Å². The second kappa shape index (κ2) is 8.13. The van der Waals surface area contributed by atoms with Gasteiger partial charge in [-0.25, -0.2) is 4.98 Å². The van der Waals surface area contributed by atoms with Crippen LogP contribution in [-0.2, 0) is 9.53 Å². The first-order valence-electron chi connectivity index (χ1n) is 7.62. The van der Waals surface area contributed by atoms with E-state index in [0.717, 1.165) is 17.1 Å². The van der Waals surface area contributed by atoms with Crippen molar-refractivity contribution in [2.24, 2.45) is 0 Å². The highest BCUT2D eigenvalue weighted by Crippen LogP contribution is 2.22. The summed E-state index contributed by atoms with van der Waals surface area (Å²) in [5.41, 5.74) is 1.90. The molecule has 0 aliphatic carbocycles. The lowest BCUT2D eigenvalue weighted by atomic mass is 10.1. The molecule has 0 fully saturated rings. The zero-order valence-electron chi connectivity index (χ0n) is 13.6. The Morgan fingerprint density at radius 3 is 2.65 bits per heavy atom. The molecule has 1 aromatic carbocycles. The predicted molar refractivity (Wildman–Crippen MR) is 91.5 cm³/mol. The van der Waals surface area contributed by atoms with Gasteiger partial charge in [-0.15, -0.1) is 0 Å². The number of imidazole rings is 1. The first-order valence-corrected chi connectivity index (χ1v) is 8.00. The first kappa shape index (κ1) is 17.5. The van der Waals surface area contributed by atoms with Gasteiger partial charge >= 0.3 is 0 Å². The van der Waals surface area contributed by atoms with Crippen LogP contribution in [0, 0.1) is 0 Å². The fourth-order valence-corrected chi connectivity index (χ4v) is 2.26. The molecule has 2 aromatic rings. The Kier molecular flexibility index (Phi) is 6.19. The summed E-state index contributed by atoms with van der Waals surface area (Å²) in [6, 6.07) is 7.49. The van der Waals surface area contributed by atoms with E-state index in [1.54, 1.807) is 6.20 Å². The Balaban J connectivity index is 2.14. The molecule has 0 saturated carbocycles. The molecule has 1 amide bonds. The third-order valence-corrected chi connectivity index (χ3v) is 3.63. The van der Waals surface area contributed by atoms with Gasteiger partial charge in [0.1, 0.15) is 5.82 Å². The molecule has 2 N–H and O–H groups in total. The van der Waals surface area contributed by atoms with Crippen molar-refractivity contribution in [3.05, 3.63) is 41.2 Å². The zero-order valence-corrected chi connectivity index (χ0v) is 14.4. The van der Waals surface area contributed by atoms with Crippen LogP contribution in [0.15, 0.2) is 30.5 Å². The molecule has 0 radical (unpaired) electrons. The van der Waals surface area contributed by atoms with E-state index in [1.807, 2.05) is 38.1 Å². The summed E-state index contributed by atoms with van der Waals surface area (Å²) < 4.78 is 5.70. The third-order valence-electron chi connectivity index (χ3n) is 3.38. The van der Waals surface area contributed by atoms with Crippen LogP contribution in [0.4, 0.5) is 0 Å². The van der Waals surface area contributed by atoms with E-state index < -0.39 is 0 Å². The lowest BCUT2D eigenvalue weighted by molar-refractivity contribution is -0.119. The maximum Gasteiger partial charge on any atom is 0.216 e. The number of aromatic nitrogens is 2. The molecule has 2 rings (SSSR count). The fourth-order valence-electron chi connectivity index (χ4n) is 2.13. The average Bonchev–Trinajstić information content (AvgIpc) is 2.97. The smallest absolute Gasteiger partial charge is 0.216 e. The molecule has 1 unspecified atom stereocenters. The Morgan fingerprint density at radius 1 is 1.35 bits per heavy atom. The molecule has 124 valence electrons. The standard InChI is InChI=1S/C17H22ClN3O2/c1-11(2)23-10-14(8-19-12(3)22)16-9-20-17(21-16)13-4-6-15(18)7-5-13/h4-7,9,11,14H,8,10H2,1-3H3,(H,19,22)(H,20,21). The van der Waals surface area contributed by atoms with Gasteiger partial charge in [-0.2, -0.15) is 0 Å². The number of ether oxygens (including phenoxy) is 1. The first-order chi connectivity index (χ1) is 11.0. The molecule has 23 heavy (non-hydrogen) atoms. The molecule has 5 nitrogen and oxygen atoms in total. The highest BCUT2D eigenvalue weighted by molar-refractivity contribution is 6.30. The molecule has 1 aromatic heterocycles. The van der Waals surface area contributed by atoms with Crippen LogP contribution in [0.5, 0.6) is 0 Å². The maximum absolute atomic E-state index is 11.2. The molecular weight excluding hydrogens is 314 g/mol. The highest BCUT2D eigenvalue weighted by Gasteiger charge is 2.16. The van der Waals surface area contributed by atoms with Crippen molar-refractivity contribution in [1.82, 2.24) is 15.3 Å². The van der Waals surface area contributed by atoms with Gasteiger partial charge in [-0.1, -0.05) is 11.6 Å². The minimum absolute atomic E-state index is 0.0230. The number of hydrogen-bond donors (Lipinski definition) is 2. The van der Waals surface area contributed by atoms with E-state index in [4.69, 9.17) is 16.3 Å². The van der Waals surface area contributed by atoms with Crippen LogP contribution in [0.2, 0.25) is 5.02 Å². The van der Waals surface area contributed by atoms with E-state index in [0.29, 0.717) is 18.2 Å². The van der Waals surface area contributed by atoms with Crippen molar-refractivity contribution >= 4 is 17.5 Å². The number of nitrogens with zero attached hydrogens (tertiary/aromatic N) is 1. The molecule has 0 aliphatic heterocycles. The number of benzene rings is 1. The molecule has 1 atom stereocenters. The molecular formula is C17H22ClN3O2. The summed E-state index contributed by atoms with van der Waals surface area (Å²) >= 11 is 5.91. The summed E-state index contributed by atoms with van der Waals surface area (Å²) in [4.78, 5) is 18.9. The summed E-state index contributed by atoms with van der Waals surface area (Å²) in [6.07, 6.45) is 1.92. The van der Waals surface area contributed by atoms with Gasteiger partial charge in [-0.3, -0.25) is 4.79 Å². The minimum Gasteiger partial charge on any atom is -0.378 e. The van der Waals surface area contributed by atoms with Gasteiger partial charge in [0.25, 0.3) is 0 Å². The maximum atomic E-state index is 11.2. The van der Waals surface area contributed by atoms with E-state index in [1.165, 1.54) is 6.92 Å². The Labute approximate surface area is 141 Å². The monoisotopic (exact) mass is 335 g/mol. The zero-order chi connectivity index (χ0) is 16.8. The summed E-state index contributed by atoms with van der Waals surface area (Å²) in [5, 5.41) is 3.53. The van der Waals surface area contributed by atoms with Crippen LogP contribution in [0.3, 0.4) is 0 Å². The van der Waals surface area contributed by atoms with Gasteiger partial charge in [0.15, 0.2) is 0 Å². The lowest BCUT2D eigenvalue weighted by Crippen LogP contribution is -2.29. The number of amides is 1. The quantitative estimate of drug-likeness (QED) is 0.815. The number of H-pyrrole nitrogens is 1. The number of hydrogen-bond acceptors (Lipinski definition) is 3. The van der Waals surface area contributed by atoms with Crippen LogP contribution >= 0.6 is 11.6 Å². The number of carbonyl (C=O) groups excluding carboxylic acids is 1. The molecule has 0 spiro atoms. The van der Waals surface area contributed by atoms with Crippen molar-refractivity contribution in [1.29, 1.82) is 0 Å². The number of aromatic amines is 1. The van der Waals surface area contributed by atoms with Crippen LogP contribution in [0.1, 0.15) is 32.4 Å². The van der Waals surface area contributed by atoms with Gasteiger partial charge in [0.05, 0.1) is 12.7 Å². The Bertz CT molecular complexity index is 638. The largest absolute Gasteiger partial charge is 0.378 e. The summed E-state index contributed by atoms with van der Waals surface area (Å²) in [6.45, 7) is 6.50. The van der Waals surface area contributed by atoms with Crippen LogP contribution in [0.25, 0.3) is 11.4 Å². The van der Waals surface area contributed by atoms with Crippen LogP contribution in [-0.4, -0.2) is 35.1 Å². The Morgan fingerprint density at radius 2 is 2.04 bits per heavy atom. The number of halogens is 1. The van der Waals surface area contributed by atoms with Crippen LogP contribution < -0.4 is 5.32 Å². The van der Waals surface area contributed by atoms with E-state index >= 15 is 0 Å². The van der Waals surface area contributed by atoms with Gasteiger partial charge in [0.2, 0.25) is 5.91 Å². The SMILES string of the molecule is CC(=O)NCC(COC(C)C)c1cnc(-c2ccc(Cl)cc2)[nH]1. The third kappa shape index (κ3) is 5.37. The van der Waals surface area contributed by atoms with Gasteiger partial charge in [-0.05, 0) is 38.1 Å². The second-order valence-electron chi connectivity index (χ2n) is 5.71. The molecule has 6 heteroatoms. The average molecular weight is 336 g/mol. The highest BCUT2D eigenvalue weighted by atomic mass is 35.5. The summed E-state index contributed by atoms with van der Waals surface area (Å²) in [5.74, 6) is 0.737. The lowest BCUT2D eigenvalue weighted by Gasteiger charge is -2.17. The topological polar surface area (TPSA) is 67.0 Å². The van der Waals surface area contributed by atoms with E-state index in [2.05, 4.69) is 15.3 Å². The minimum atomic E-state index is -0.0583. The molecule has 1 heterocycles. The van der Waals surface area contributed by atoms with Gasteiger partial charge < -0.3 is 15.0 Å². The fraction of sp³-hybridized carbons (Fsp3) is 0.412. The van der Waals surface area contributed by atoms with Crippen molar-refractivity contribution in [3.8, 4) is 11.4 Å². The van der Waals surface area contributed by atoms with Crippen molar-refractivity contribution < 1.29 is 9.53 Å².